The lowest BCUT2D eigenvalue weighted by Gasteiger charge is -2.10. The number of rotatable bonds is 2. The van der Waals surface area contributed by atoms with Crippen LogP contribution in [0.2, 0.25) is 10.0 Å². The van der Waals surface area contributed by atoms with E-state index in [4.69, 9.17) is 23.2 Å². The molecule has 4 aromatic rings. The van der Waals surface area contributed by atoms with Crippen molar-refractivity contribution in [3.05, 3.63) is 56.6 Å². The van der Waals surface area contributed by atoms with Crippen LogP contribution in [0.1, 0.15) is 5.69 Å². The van der Waals surface area contributed by atoms with Crippen LogP contribution in [0, 0.1) is 6.92 Å². The Labute approximate surface area is 156 Å². The van der Waals surface area contributed by atoms with Crippen LogP contribution in [-0.2, 0) is 0 Å². The first-order valence-electron chi connectivity index (χ1n) is 7.27. The van der Waals surface area contributed by atoms with Crippen molar-refractivity contribution in [1.29, 1.82) is 0 Å². The van der Waals surface area contributed by atoms with Crippen LogP contribution in [0.15, 0.2) is 40.4 Å². The molecule has 0 saturated carbocycles. The lowest BCUT2D eigenvalue weighted by atomic mass is 10.2. The normalized spacial score (nSPS) is 11.5. The summed E-state index contributed by atoms with van der Waals surface area (Å²) in [7, 11) is 0. The Kier molecular flexibility index (Phi) is 3.94. The number of thioether (sulfide) groups is 1. The smallest absolute Gasteiger partial charge is 0.266 e. The molecule has 6 nitrogen and oxygen atoms in total. The molecule has 0 amide bonds. The molecule has 0 N–H and O–H groups in total. The lowest BCUT2D eigenvalue weighted by molar-refractivity contribution is 0.901. The summed E-state index contributed by atoms with van der Waals surface area (Å²) in [5, 5.41) is 6.38. The molecule has 0 saturated heterocycles. The minimum absolute atomic E-state index is 0.219. The van der Waals surface area contributed by atoms with Gasteiger partial charge in [-0.1, -0.05) is 35.0 Å². The highest BCUT2D eigenvalue weighted by molar-refractivity contribution is 7.98. The fourth-order valence-electron chi connectivity index (χ4n) is 2.74. The number of hydrogen-bond donors (Lipinski definition) is 0. The second kappa shape index (κ2) is 6.01. The number of hydrogen-bond acceptors (Lipinski definition) is 5. The van der Waals surface area contributed by atoms with Crippen molar-refractivity contribution in [2.75, 3.05) is 6.26 Å². The average molecular weight is 392 g/mol. The fourth-order valence-corrected chi connectivity index (χ4v) is 3.59. The van der Waals surface area contributed by atoms with Gasteiger partial charge in [0.2, 0.25) is 5.16 Å². The van der Waals surface area contributed by atoms with E-state index < -0.39 is 0 Å². The predicted octanol–water partition coefficient (Wildman–Crippen LogP) is 3.77. The van der Waals surface area contributed by atoms with E-state index in [0.717, 1.165) is 0 Å². The summed E-state index contributed by atoms with van der Waals surface area (Å²) in [6, 6.07) is 6.80. The quantitative estimate of drug-likeness (QED) is 0.486. The molecule has 0 bridgehead atoms. The van der Waals surface area contributed by atoms with Crippen molar-refractivity contribution in [2.24, 2.45) is 0 Å². The van der Waals surface area contributed by atoms with Gasteiger partial charge in [-0.2, -0.15) is 9.50 Å². The van der Waals surface area contributed by atoms with Gasteiger partial charge in [0.25, 0.3) is 11.3 Å². The monoisotopic (exact) mass is 391 g/mol. The molecular weight excluding hydrogens is 381 g/mol. The van der Waals surface area contributed by atoms with Crippen molar-refractivity contribution in [3.63, 3.8) is 0 Å². The van der Waals surface area contributed by atoms with Crippen molar-refractivity contribution in [3.8, 4) is 5.69 Å². The van der Waals surface area contributed by atoms with Crippen LogP contribution >= 0.6 is 35.0 Å². The number of halogens is 2. The van der Waals surface area contributed by atoms with E-state index in [1.807, 2.05) is 12.3 Å². The van der Waals surface area contributed by atoms with E-state index >= 15 is 0 Å². The molecule has 3 heterocycles. The van der Waals surface area contributed by atoms with Gasteiger partial charge in [0, 0.05) is 16.2 Å². The zero-order valence-corrected chi connectivity index (χ0v) is 15.5. The molecule has 0 aliphatic heterocycles. The Hall–Kier alpha value is -2.09. The molecule has 0 aliphatic rings. The Morgan fingerprint density at radius 3 is 2.52 bits per heavy atom. The Morgan fingerprint density at radius 1 is 1.12 bits per heavy atom. The molecule has 0 atom stereocenters. The van der Waals surface area contributed by atoms with E-state index in [1.54, 1.807) is 35.8 Å². The van der Waals surface area contributed by atoms with Crippen LogP contribution in [0.3, 0.4) is 0 Å². The van der Waals surface area contributed by atoms with Gasteiger partial charge in [0.15, 0.2) is 0 Å². The molecule has 0 fully saturated rings. The first-order chi connectivity index (χ1) is 12.0. The topological polar surface area (TPSA) is 65.1 Å². The minimum atomic E-state index is -0.219. The number of pyridine rings is 1. The molecular formula is C16H11Cl2N5OS. The SMILES string of the molecule is CSc1nc2nc(C)c3c(=O)n(-c4cc(Cl)cc(Cl)c4)ccc3n2n1. The largest absolute Gasteiger partial charge is 0.284 e. The third kappa shape index (κ3) is 2.68. The van der Waals surface area contributed by atoms with Crippen molar-refractivity contribution >= 4 is 51.6 Å². The number of aromatic nitrogens is 5. The first-order valence-corrected chi connectivity index (χ1v) is 9.25. The Balaban J connectivity index is 2.07. The maximum atomic E-state index is 13.1. The Morgan fingerprint density at radius 2 is 1.84 bits per heavy atom. The van der Waals surface area contributed by atoms with Gasteiger partial charge >= 0.3 is 0 Å². The maximum absolute atomic E-state index is 13.1. The molecule has 0 unspecified atom stereocenters. The summed E-state index contributed by atoms with van der Waals surface area (Å²) in [6.07, 6.45) is 3.56. The summed E-state index contributed by atoms with van der Waals surface area (Å²) in [4.78, 5) is 21.8. The molecule has 3 aromatic heterocycles. The number of nitrogens with zero attached hydrogens (tertiary/aromatic N) is 5. The lowest BCUT2D eigenvalue weighted by Crippen LogP contribution is -2.20. The van der Waals surface area contributed by atoms with Gasteiger partial charge in [-0.3, -0.25) is 9.36 Å². The van der Waals surface area contributed by atoms with E-state index in [9.17, 15) is 4.79 Å². The van der Waals surface area contributed by atoms with E-state index in [-0.39, 0.29) is 5.56 Å². The second-order valence-electron chi connectivity index (χ2n) is 5.39. The van der Waals surface area contributed by atoms with Crippen molar-refractivity contribution < 1.29 is 0 Å². The van der Waals surface area contributed by atoms with Gasteiger partial charge in [0.1, 0.15) is 0 Å². The van der Waals surface area contributed by atoms with Gasteiger partial charge in [0.05, 0.1) is 22.3 Å². The standard InChI is InChI=1S/C16H11Cl2N5OS/c1-8-13-12(23-15(19-8)20-16(21-23)25-2)3-4-22(14(13)24)11-6-9(17)5-10(18)7-11/h3-7H,1-2H3. The van der Waals surface area contributed by atoms with Crippen LogP contribution in [0.25, 0.3) is 22.4 Å². The molecule has 9 heteroatoms. The highest BCUT2D eigenvalue weighted by atomic mass is 35.5. The van der Waals surface area contributed by atoms with Crippen molar-refractivity contribution in [2.45, 2.75) is 12.1 Å². The average Bonchev–Trinajstić information content (AvgIpc) is 2.97. The number of aryl methyl sites for hydroxylation is 1. The summed E-state index contributed by atoms with van der Waals surface area (Å²) >= 11 is 13.5. The van der Waals surface area contributed by atoms with E-state index in [1.165, 1.54) is 16.3 Å². The zero-order valence-electron chi connectivity index (χ0n) is 13.2. The molecule has 126 valence electrons. The molecule has 1 aromatic carbocycles. The summed E-state index contributed by atoms with van der Waals surface area (Å²) in [5.74, 6) is 0.470. The predicted molar refractivity (Wildman–Crippen MR) is 100 cm³/mol. The highest BCUT2D eigenvalue weighted by Gasteiger charge is 2.15. The zero-order chi connectivity index (χ0) is 17.7. The van der Waals surface area contributed by atoms with Crippen LogP contribution in [0.4, 0.5) is 0 Å². The molecule has 4 rings (SSSR count). The van der Waals surface area contributed by atoms with Crippen molar-refractivity contribution in [1.82, 2.24) is 24.1 Å². The van der Waals surface area contributed by atoms with E-state index in [0.29, 0.717) is 43.3 Å². The third-order valence-corrected chi connectivity index (χ3v) is 4.78. The summed E-state index contributed by atoms with van der Waals surface area (Å²) in [5.41, 5.74) is 1.62. The molecule has 0 spiro atoms. The van der Waals surface area contributed by atoms with Gasteiger partial charge in [-0.15, -0.1) is 5.10 Å². The van der Waals surface area contributed by atoms with E-state index in [2.05, 4.69) is 15.1 Å². The van der Waals surface area contributed by atoms with Gasteiger partial charge in [-0.25, -0.2) is 4.98 Å². The fraction of sp³-hybridized carbons (Fsp3) is 0.125. The molecule has 0 aliphatic carbocycles. The minimum Gasteiger partial charge on any atom is -0.284 e. The Bertz CT molecular complexity index is 1180. The summed E-state index contributed by atoms with van der Waals surface area (Å²) in [6.45, 7) is 1.78. The van der Waals surface area contributed by atoms with Crippen LogP contribution in [0.5, 0.6) is 0 Å². The second-order valence-corrected chi connectivity index (χ2v) is 7.03. The van der Waals surface area contributed by atoms with Crippen LogP contribution < -0.4 is 5.56 Å². The first kappa shape index (κ1) is 16.4. The van der Waals surface area contributed by atoms with Crippen LogP contribution in [-0.4, -0.2) is 30.4 Å². The highest BCUT2D eigenvalue weighted by Crippen LogP contribution is 2.22. The number of benzene rings is 1. The molecule has 0 radical (unpaired) electrons. The summed E-state index contributed by atoms with van der Waals surface area (Å²) < 4.78 is 3.08. The molecule has 25 heavy (non-hydrogen) atoms. The van der Waals surface area contributed by atoms with Gasteiger partial charge < -0.3 is 0 Å². The van der Waals surface area contributed by atoms with Gasteiger partial charge in [-0.05, 0) is 37.4 Å². The number of fused-ring (bicyclic) bond motifs is 3. The third-order valence-electron chi connectivity index (χ3n) is 3.81. The maximum Gasteiger partial charge on any atom is 0.266 e.